The summed E-state index contributed by atoms with van der Waals surface area (Å²) < 4.78 is 32.9. The van der Waals surface area contributed by atoms with Crippen molar-refractivity contribution in [2.75, 3.05) is 6.66 Å². The highest BCUT2D eigenvalue weighted by Gasteiger charge is 2.04. The fourth-order valence-electron chi connectivity index (χ4n) is 1.25. The first-order valence-corrected chi connectivity index (χ1v) is 5.57. The smallest absolute Gasteiger partial charge is 0.280 e. The third-order valence-electron chi connectivity index (χ3n) is 1.91. The van der Waals surface area contributed by atoms with Gasteiger partial charge in [-0.15, -0.1) is 0 Å². The molecule has 78 valence electrons. The van der Waals surface area contributed by atoms with Crippen molar-refractivity contribution >= 4 is 8.73 Å². The number of rotatable bonds is 2. The molecule has 0 saturated carbocycles. The lowest BCUT2D eigenvalue weighted by Gasteiger charge is -2.08. The van der Waals surface area contributed by atoms with Crippen LogP contribution in [-0.2, 0) is 6.54 Å². The zero-order chi connectivity index (χ0) is 16.0. The second kappa shape index (κ2) is 3.88. The molecule has 4 nitrogen and oxygen atoms in total. The summed E-state index contributed by atoms with van der Waals surface area (Å²) >= 11 is 0. The summed E-state index contributed by atoms with van der Waals surface area (Å²) in [6.07, 6.45) is 0. The minimum atomic E-state index is -0.209. The van der Waals surface area contributed by atoms with E-state index in [0.29, 0.717) is 15.3 Å². The molecule has 0 N–H and O–H groups in total. The molecule has 1 aromatic rings. The molecule has 0 radical (unpaired) electrons. The number of hydrogen-bond acceptors (Lipinski definition) is 2. The molecule has 1 atom stereocenters. The lowest BCUT2D eigenvalue weighted by Crippen LogP contribution is -2.37. The van der Waals surface area contributed by atoms with Crippen LogP contribution in [-0.4, -0.2) is 15.6 Å². The number of nitrogens with zero attached hydrogens (tertiary/aromatic N) is 2. The third-order valence-corrected chi connectivity index (χ3v) is 2.90. The Morgan fingerprint density at radius 2 is 2.23 bits per heavy atom. The van der Waals surface area contributed by atoms with Crippen molar-refractivity contribution in [1.29, 1.82) is 0 Å². The van der Waals surface area contributed by atoms with Gasteiger partial charge in [-0.25, -0.2) is 4.79 Å². The average Bonchev–Trinajstić information content (AvgIpc) is 2.46. The number of aromatic nitrogens is 2. The Labute approximate surface area is 87.3 Å². The highest BCUT2D eigenvalue weighted by molar-refractivity contribution is 7.35. The fraction of sp³-hybridized carbons (Fsp3) is 0.500. The van der Waals surface area contributed by atoms with Crippen LogP contribution in [0.5, 0.6) is 0 Å². The second-order valence-electron chi connectivity index (χ2n) is 2.71. The molecule has 1 heterocycles. The Kier molecular flexibility index (Phi) is 1.95. The molecule has 1 rings (SSSR count). The van der Waals surface area contributed by atoms with Crippen molar-refractivity contribution < 1.29 is 8.91 Å². The van der Waals surface area contributed by atoms with Gasteiger partial charge in [-0.3, -0.25) is 13.7 Å². The fourth-order valence-corrected chi connectivity index (χ4v) is 1.98. The maximum atomic E-state index is 11.6. The minimum Gasteiger partial charge on any atom is -0.280 e. The normalized spacial score (nSPS) is 13.2. The molecular formula is C8H19N2O2P. The van der Waals surface area contributed by atoms with E-state index in [9.17, 15) is 9.59 Å². The lowest BCUT2D eigenvalue weighted by atomic mass is 10.4. The Morgan fingerprint density at radius 3 is 2.69 bits per heavy atom. The summed E-state index contributed by atoms with van der Waals surface area (Å²) in [7, 11) is 0.368. The van der Waals surface area contributed by atoms with Gasteiger partial charge in [0.2, 0.25) is 0 Å². The molecule has 0 aliphatic carbocycles. The Balaban J connectivity index is -0.000000375. The summed E-state index contributed by atoms with van der Waals surface area (Å²) in [6, 6.07) is 1.50. The average molecular weight is 212 g/mol. The van der Waals surface area contributed by atoms with E-state index in [1.54, 1.807) is 18.2 Å². The second-order valence-corrected chi connectivity index (χ2v) is 3.60. The maximum absolute atomic E-state index is 11.6. The van der Waals surface area contributed by atoms with Crippen LogP contribution in [0.25, 0.3) is 0 Å². The number of aryl methyl sites for hydroxylation is 1. The van der Waals surface area contributed by atoms with Crippen molar-refractivity contribution in [2.24, 2.45) is 0 Å². The van der Waals surface area contributed by atoms with Crippen molar-refractivity contribution in [3.8, 4) is 0 Å². The van der Waals surface area contributed by atoms with Gasteiger partial charge in [0.1, 0.15) is 0 Å². The van der Waals surface area contributed by atoms with Gasteiger partial charge in [-0.1, -0.05) is 0 Å². The van der Waals surface area contributed by atoms with Crippen LogP contribution >= 0.6 is 8.73 Å². The molecule has 0 spiro atoms. The van der Waals surface area contributed by atoms with E-state index in [1.807, 2.05) is 6.66 Å². The molecule has 0 bridgehead atoms. The molecule has 0 fully saturated rings. The van der Waals surface area contributed by atoms with Gasteiger partial charge in [-0.05, 0) is 29.2 Å². The quantitative estimate of drug-likeness (QED) is 0.690. The van der Waals surface area contributed by atoms with Crippen molar-refractivity contribution in [3.63, 3.8) is 0 Å². The third kappa shape index (κ3) is 1.73. The van der Waals surface area contributed by atoms with E-state index in [2.05, 4.69) is 0 Å². The molecular weight excluding hydrogens is 187 g/mol. The van der Waals surface area contributed by atoms with Crippen molar-refractivity contribution in [2.45, 2.75) is 20.4 Å². The predicted octanol–water partition coefficient (Wildman–Crippen LogP) is 1.15. The first-order chi connectivity index (χ1) is 9.11. The molecule has 1 aromatic heterocycles. The Bertz CT molecular complexity index is 436. The van der Waals surface area contributed by atoms with Gasteiger partial charge < -0.3 is 0 Å². The molecule has 0 aliphatic rings. The van der Waals surface area contributed by atoms with Crippen LogP contribution in [0, 0.1) is 6.92 Å². The van der Waals surface area contributed by atoms with Crippen LogP contribution in [0.4, 0.5) is 0 Å². The van der Waals surface area contributed by atoms with Crippen molar-refractivity contribution in [3.05, 3.63) is 32.6 Å². The SMILES string of the molecule is CCn1c(=O)cc(C)n(PC)c1=O.[2H][2H].[2H][2H].[2H][2H]. The topological polar surface area (TPSA) is 44.0 Å². The highest BCUT2D eigenvalue weighted by Crippen LogP contribution is 2.06. The van der Waals surface area contributed by atoms with E-state index in [4.69, 9.17) is 8.91 Å². The summed E-state index contributed by atoms with van der Waals surface area (Å²) in [6.45, 7) is 5.92. The molecule has 13 heavy (non-hydrogen) atoms. The molecule has 0 aliphatic heterocycles. The summed E-state index contributed by atoms with van der Waals surface area (Å²) in [5, 5.41) is 0. The van der Waals surface area contributed by atoms with Gasteiger partial charge >= 0.3 is 5.69 Å². The standard InChI is InChI=1S/C8H13N2O2P.3H2/c1-4-9-7(11)5-6(2)10(13-3)8(9)12;;;/h5,13H,4H2,1-3H3;3*1H/i;3*1+1D. The maximum Gasteiger partial charge on any atom is 0.334 e. The molecule has 5 heteroatoms. The van der Waals surface area contributed by atoms with E-state index >= 15 is 0 Å². The van der Waals surface area contributed by atoms with E-state index in [1.165, 1.54) is 10.6 Å². The zero-order valence-corrected chi connectivity index (χ0v) is 9.00. The lowest BCUT2D eigenvalue weighted by molar-refractivity contribution is 0.656. The van der Waals surface area contributed by atoms with Crippen LogP contribution in [0.3, 0.4) is 0 Å². The predicted molar refractivity (Wildman–Crippen MR) is 61.4 cm³/mol. The van der Waals surface area contributed by atoms with E-state index < -0.39 is 0 Å². The first-order valence-electron chi connectivity index (χ1n) is 7.13. The molecule has 1 unspecified atom stereocenters. The van der Waals surface area contributed by atoms with Gasteiger partial charge in [-0.2, -0.15) is 0 Å². The van der Waals surface area contributed by atoms with Gasteiger partial charge in [0, 0.05) is 27.2 Å². The van der Waals surface area contributed by atoms with Crippen molar-refractivity contribution in [1.82, 2.24) is 8.90 Å². The van der Waals surface area contributed by atoms with Crippen LogP contribution in [0.2, 0.25) is 0 Å². The van der Waals surface area contributed by atoms with Crippen LogP contribution in [0.1, 0.15) is 21.5 Å². The summed E-state index contributed by atoms with van der Waals surface area (Å²) in [5.41, 5.74) is 0.327. The largest absolute Gasteiger partial charge is 0.334 e. The number of hydrogen-bond donors (Lipinski definition) is 0. The van der Waals surface area contributed by atoms with Crippen LogP contribution < -0.4 is 11.2 Å². The summed E-state index contributed by atoms with van der Waals surface area (Å²) in [5.74, 6) is 0. The van der Waals surface area contributed by atoms with E-state index in [-0.39, 0.29) is 11.2 Å². The monoisotopic (exact) mass is 212 g/mol. The molecule has 0 aromatic carbocycles. The zero-order valence-electron chi connectivity index (χ0n) is 14.0. The highest BCUT2D eigenvalue weighted by atomic mass is 31.1. The Morgan fingerprint density at radius 1 is 1.62 bits per heavy atom. The molecule has 0 saturated heterocycles. The van der Waals surface area contributed by atoms with Gasteiger partial charge in [0.25, 0.3) is 5.56 Å². The van der Waals surface area contributed by atoms with E-state index in [0.717, 1.165) is 5.69 Å². The summed E-state index contributed by atoms with van der Waals surface area (Å²) in [4.78, 5) is 22.9. The van der Waals surface area contributed by atoms with Gasteiger partial charge in [0.05, 0.1) is 0 Å². The van der Waals surface area contributed by atoms with Crippen LogP contribution in [0.15, 0.2) is 15.7 Å². The Hall–Kier alpha value is -0.890. The minimum absolute atomic E-state index is 0.201. The molecule has 0 amide bonds. The first kappa shape index (κ1) is 6.55. The van der Waals surface area contributed by atoms with Gasteiger partial charge in [0.15, 0.2) is 0 Å².